The molecule has 0 bridgehead atoms. The van der Waals surface area contributed by atoms with Crippen LogP contribution in [0.5, 0.6) is 0 Å². The molecular weight excluding hydrogens is 264 g/mol. The molecule has 2 N–H and O–H groups in total. The predicted octanol–water partition coefficient (Wildman–Crippen LogP) is 2.21. The highest BCUT2D eigenvalue weighted by atomic mass is 16.5. The van der Waals surface area contributed by atoms with Crippen LogP contribution in [0.4, 0.5) is 0 Å². The van der Waals surface area contributed by atoms with Gasteiger partial charge in [0.1, 0.15) is 0 Å². The summed E-state index contributed by atoms with van der Waals surface area (Å²) in [4.78, 5) is 6.84. The molecule has 5 nitrogen and oxygen atoms in total. The van der Waals surface area contributed by atoms with Gasteiger partial charge in [0.25, 0.3) is 5.89 Å². The van der Waals surface area contributed by atoms with Gasteiger partial charge in [0.2, 0.25) is 0 Å². The quantitative estimate of drug-likeness (QED) is 0.937. The lowest BCUT2D eigenvalue weighted by Gasteiger charge is -2.34. The van der Waals surface area contributed by atoms with Crippen molar-refractivity contribution < 1.29 is 4.52 Å². The third-order valence-electron chi connectivity index (χ3n) is 4.19. The molecule has 5 heteroatoms. The summed E-state index contributed by atoms with van der Waals surface area (Å²) < 4.78 is 5.37. The molecule has 0 aliphatic carbocycles. The summed E-state index contributed by atoms with van der Waals surface area (Å²) in [7, 11) is 0. The first kappa shape index (κ1) is 14.2. The fraction of sp³-hybridized carbons (Fsp3) is 0.500. The van der Waals surface area contributed by atoms with Crippen LogP contribution in [0.15, 0.2) is 28.8 Å². The van der Waals surface area contributed by atoms with Crippen LogP contribution in [0.25, 0.3) is 11.5 Å². The standard InChI is InChI=1S/C16H22N4O/c1-11-3-5-13(6-4-11)16-18-15(19-21-16)10-20-8-7-14(17)12(2)9-20/h3-6,12,14H,7-10,17H2,1-2H3. The van der Waals surface area contributed by atoms with E-state index in [1.165, 1.54) is 5.56 Å². The zero-order valence-electron chi connectivity index (χ0n) is 12.6. The number of rotatable bonds is 3. The molecule has 1 saturated heterocycles. The normalized spacial score (nSPS) is 23.4. The van der Waals surface area contributed by atoms with Gasteiger partial charge >= 0.3 is 0 Å². The number of hydrogen-bond donors (Lipinski definition) is 1. The van der Waals surface area contributed by atoms with Crippen LogP contribution in [0.2, 0.25) is 0 Å². The van der Waals surface area contributed by atoms with E-state index in [-0.39, 0.29) is 0 Å². The lowest BCUT2D eigenvalue weighted by Crippen LogP contribution is -2.45. The van der Waals surface area contributed by atoms with E-state index < -0.39 is 0 Å². The monoisotopic (exact) mass is 286 g/mol. The summed E-state index contributed by atoms with van der Waals surface area (Å²) in [6, 6.07) is 8.43. The van der Waals surface area contributed by atoms with Gasteiger partial charge in [-0.3, -0.25) is 4.90 Å². The van der Waals surface area contributed by atoms with E-state index in [9.17, 15) is 0 Å². The van der Waals surface area contributed by atoms with Crippen molar-refractivity contribution in [1.29, 1.82) is 0 Å². The van der Waals surface area contributed by atoms with Crippen molar-refractivity contribution in [1.82, 2.24) is 15.0 Å². The molecule has 0 saturated carbocycles. The minimum absolute atomic E-state index is 0.314. The van der Waals surface area contributed by atoms with Gasteiger partial charge in [-0.15, -0.1) is 0 Å². The Morgan fingerprint density at radius 2 is 2.10 bits per heavy atom. The van der Waals surface area contributed by atoms with Gasteiger partial charge in [-0.1, -0.05) is 29.8 Å². The summed E-state index contributed by atoms with van der Waals surface area (Å²) >= 11 is 0. The number of benzene rings is 1. The minimum atomic E-state index is 0.314. The second kappa shape index (κ2) is 5.95. The van der Waals surface area contributed by atoms with Gasteiger partial charge in [-0.2, -0.15) is 4.98 Å². The molecule has 1 aliphatic heterocycles. The molecule has 3 rings (SSSR count). The highest BCUT2D eigenvalue weighted by Gasteiger charge is 2.24. The molecule has 1 aromatic carbocycles. The second-order valence-electron chi connectivity index (χ2n) is 6.05. The van der Waals surface area contributed by atoms with Crippen LogP contribution in [-0.2, 0) is 6.54 Å². The van der Waals surface area contributed by atoms with E-state index in [0.29, 0.717) is 17.9 Å². The lowest BCUT2D eigenvalue weighted by atomic mass is 9.95. The van der Waals surface area contributed by atoms with Crippen molar-refractivity contribution in [3.63, 3.8) is 0 Å². The number of likely N-dealkylation sites (tertiary alicyclic amines) is 1. The smallest absolute Gasteiger partial charge is 0.257 e. The van der Waals surface area contributed by atoms with Gasteiger partial charge < -0.3 is 10.3 Å². The van der Waals surface area contributed by atoms with Gasteiger partial charge in [0.15, 0.2) is 5.82 Å². The molecule has 2 aromatic rings. The number of piperidine rings is 1. The zero-order chi connectivity index (χ0) is 14.8. The van der Waals surface area contributed by atoms with Crippen LogP contribution in [0.3, 0.4) is 0 Å². The highest BCUT2D eigenvalue weighted by molar-refractivity contribution is 5.53. The minimum Gasteiger partial charge on any atom is -0.334 e. The summed E-state index contributed by atoms with van der Waals surface area (Å²) in [5.41, 5.74) is 8.24. The molecule has 2 atom stereocenters. The maximum Gasteiger partial charge on any atom is 0.257 e. The predicted molar refractivity (Wildman–Crippen MR) is 81.5 cm³/mol. The number of nitrogens with zero attached hydrogens (tertiary/aromatic N) is 3. The van der Waals surface area contributed by atoms with E-state index in [4.69, 9.17) is 10.3 Å². The van der Waals surface area contributed by atoms with Crippen LogP contribution < -0.4 is 5.73 Å². The molecule has 2 unspecified atom stereocenters. The third kappa shape index (κ3) is 3.31. The summed E-state index contributed by atoms with van der Waals surface area (Å²) in [5, 5.41) is 4.09. The Morgan fingerprint density at radius 3 is 2.81 bits per heavy atom. The first-order chi connectivity index (χ1) is 10.1. The molecule has 1 fully saturated rings. The van der Waals surface area contributed by atoms with Crippen LogP contribution in [-0.4, -0.2) is 34.2 Å². The molecule has 0 radical (unpaired) electrons. The van der Waals surface area contributed by atoms with Gasteiger partial charge in [0, 0.05) is 24.7 Å². The number of hydrogen-bond acceptors (Lipinski definition) is 5. The molecule has 1 aliphatic rings. The number of nitrogens with two attached hydrogens (primary N) is 1. The van der Waals surface area contributed by atoms with Gasteiger partial charge in [-0.25, -0.2) is 0 Å². The molecule has 0 amide bonds. The Bertz CT molecular complexity index is 593. The number of aromatic nitrogens is 2. The summed E-state index contributed by atoms with van der Waals surface area (Å²) in [5.74, 6) is 1.85. The average Bonchev–Trinajstić information content (AvgIpc) is 2.92. The fourth-order valence-electron chi connectivity index (χ4n) is 2.73. The Balaban J connectivity index is 1.66. The fourth-order valence-corrected chi connectivity index (χ4v) is 2.73. The average molecular weight is 286 g/mol. The van der Waals surface area contributed by atoms with Gasteiger partial charge in [-0.05, 0) is 31.4 Å². The molecule has 2 heterocycles. The Hall–Kier alpha value is -1.72. The molecule has 112 valence electrons. The first-order valence-corrected chi connectivity index (χ1v) is 7.49. The summed E-state index contributed by atoms with van der Waals surface area (Å²) in [6.07, 6.45) is 1.03. The van der Waals surface area contributed by atoms with E-state index in [2.05, 4.69) is 28.9 Å². The molecule has 1 aromatic heterocycles. The first-order valence-electron chi connectivity index (χ1n) is 7.49. The Kier molecular flexibility index (Phi) is 4.03. The topological polar surface area (TPSA) is 68.2 Å². The zero-order valence-corrected chi connectivity index (χ0v) is 12.6. The van der Waals surface area contributed by atoms with Crippen molar-refractivity contribution in [3.8, 4) is 11.5 Å². The van der Waals surface area contributed by atoms with Crippen LogP contribution in [0.1, 0.15) is 24.7 Å². The molecule has 0 spiro atoms. The van der Waals surface area contributed by atoms with Crippen molar-refractivity contribution in [3.05, 3.63) is 35.7 Å². The van der Waals surface area contributed by atoms with Crippen molar-refractivity contribution in [2.75, 3.05) is 13.1 Å². The third-order valence-corrected chi connectivity index (χ3v) is 4.19. The maximum atomic E-state index is 6.05. The van der Waals surface area contributed by atoms with E-state index >= 15 is 0 Å². The Labute approximate surface area is 125 Å². The SMILES string of the molecule is Cc1ccc(-c2nc(CN3CCC(N)C(C)C3)no2)cc1. The van der Waals surface area contributed by atoms with Crippen LogP contribution >= 0.6 is 0 Å². The van der Waals surface area contributed by atoms with E-state index in [0.717, 1.165) is 37.4 Å². The maximum absolute atomic E-state index is 6.05. The lowest BCUT2D eigenvalue weighted by molar-refractivity contribution is 0.153. The highest BCUT2D eigenvalue weighted by Crippen LogP contribution is 2.20. The van der Waals surface area contributed by atoms with Crippen LogP contribution in [0, 0.1) is 12.8 Å². The second-order valence-corrected chi connectivity index (χ2v) is 6.05. The van der Waals surface area contributed by atoms with Crippen molar-refractivity contribution in [2.45, 2.75) is 32.9 Å². The molecular formula is C16H22N4O. The van der Waals surface area contributed by atoms with Crippen molar-refractivity contribution >= 4 is 0 Å². The summed E-state index contributed by atoms with van der Waals surface area (Å²) in [6.45, 7) is 6.98. The number of aryl methyl sites for hydroxylation is 1. The van der Waals surface area contributed by atoms with E-state index in [1.807, 2.05) is 24.3 Å². The van der Waals surface area contributed by atoms with Gasteiger partial charge in [0.05, 0.1) is 6.54 Å². The molecule has 21 heavy (non-hydrogen) atoms. The van der Waals surface area contributed by atoms with Crippen molar-refractivity contribution in [2.24, 2.45) is 11.7 Å². The van der Waals surface area contributed by atoms with E-state index in [1.54, 1.807) is 0 Å². The largest absolute Gasteiger partial charge is 0.334 e. The Morgan fingerprint density at radius 1 is 1.33 bits per heavy atom.